The fourth-order valence-corrected chi connectivity index (χ4v) is 4.20. The zero-order valence-corrected chi connectivity index (χ0v) is 18.9. The van der Waals surface area contributed by atoms with Crippen LogP contribution < -0.4 is 10.9 Å². The van der Waals surface area contributed by atoms with Gasteiger partial charge in [0.15, 0.2) is 5.16 Å². The third-order valence-corrected chi connectivity index (χ3v) is 6.21. The minimum absolute atomic E-state index is 0.0993. The van der Waals surface area contributed by atoms with Gasteiger partial charge in [-0.15, -0.1) is 0 Å². The largest absolute Gasteiger partial charge is 0.320 e. The number of nitro benzene ring substituents is 1. The molecule has 0 aliphatic heterocycles. The molecule has 1 heterocycles. The fourth-order valence-electron chi connectivity index (χ4n) is 3.21. The second kappa shape index (κ2) is 9.43. The summed E-state index contributed by atoms with van der Waals surface area (Å²) >= 11 is 7.33. The number of halogens is 1. The molecule has 0 saturated heterocycles. The number of carbonyl (C=O) groups excluding carboxylic acids is 1. The molecule has 4 aromatic rings. The topological polar surface area (TPSA) is 107 Å². The zero-order chi connectivity index (χ0) is 23.5. The number of rotatable bonds is 6. The molecule has 3 aromatic carbocycles. The molecule has 0 fully saturated rings. The summed E-state index contributed by atoms with van der Waals surface area (Å²) in [6, 6.07) is 18.1. The van der Waals surface area contributed by atoms with Crippen molar-refractivity contribution < 1.29 is 9.72 Å². The SMILES string of the molecule is Cc1ccc(-n2c(SCC(=O)Nc3ccccc3[N+](=O)[O-])nc3ccccc3c2=O)cc1Cl. The van der Waals surface area contributed by atoms with Crippen molar-refractivity contribution in [3.05, 3.63) is 97.8 Å². The van der Waals surface area contributed by atoms with E-state index in [9.17, 15) is 19.7 Å². The Morgan fingerprint density at radius 1 is 1.15 bits per heavy atom. The van der Waals surface area contributed by atoms with Crippen LogP contribution in [-0.4, -0.2) is 26.1 Å². The monoisotopic (exact) mass is 480 g/mol. The molecule has 1 aromatic heterocycles. The first-order valence-electron chi connectivity index (χ1n) is 9.79. The lowest BCUT2D eigenvalue weighted by Crippen LogP contribution is -2.23. The molecule has 166 valence electrons. The van der Waals surface area contributed by atoms with Gasteiger partial charge in [0.2, 0.25) is 5.91 Å². The number of anilines is 1. The van der Waals surface area contributed by atoms with Crippen molar-refractivity contribution in [2.45, 2.75) is 12.1 Å². The Bertz CT molecular complexity index is 1450. The summed E-state index contributed by atoms with van der Waals surface area (Å²) < 4.78 is 1.41. The van der Waals surface area contributed by atoms with Crippen molar-refractivity contribution in [3.63, 3.8) is 0 Å². The van der Waals surface area contributed by atoms with Gasteiger partial charge in [-0.05, 0) is 42.8 Å². The molecule has 0 bridgehead atoms. The van der Waals surface area contributed by atoms with Crippen LogP contribution in [0.2, 0.25) is 5.02 Å². The Morgan fingerprint density at radius 2 is 1.88 bits per heavy atom. The van der Waals surface area contributed by atoms with Crippen LogP contribution in [0.15, 0.2) is 76.7 Å². The molecule has 0 unspecified atom stereocenters. The maximum absolute atomic E-state index is 13.3. The van der Waals surface area contributed by atoms with E-state index in [1.165, 1.54) is 22.8 Å². The molecule has 0 aliphatic carbocycles. The van der Waals surface area contributed by atoms with Crippen molar-refractivity contribution in [2.24, 2.45) is 0 Å². The second-order valence-corrected chi connectivity index (χ2v) is 8.45. The molecule has 0 aliphatic rings. The summed E-state index contributed by atoms with van der Waals surface area (Å²) in [6.07, 6.45) is 0. The molecule has 1 amide bonds. The van der Waals surface area contributed by atoms with Crippen molar-refractivity contribution in [1.29, 1.82) is 0 Å². The lowest BCUT2D eigenvalue weighted by molar-refractivity contribution is -0.383. The van der Waals surface area contributed by atoms with Gasteiger partial charge in [-0.25, -0.2) is 4.98 Å². The Labute approximate surface area is 197 Å². The van der Waals surface area contributed by atoms with Gasteiger partial charge in [-0.2, -0.15) is 0 Å². The summed E-state index contributed by atoms with van der Waals surface area (Å²) in [5.41, 5.74) is 1.49. The number of carbonyl (C=O) groups is 1. The minimum atomic E-state index is -0.563. The van der Waals surface area contributed by atoms with Crippen LogP contribution in [0.3, 0.4) is 0 Å². The normalized spacial score (nSPS) is 10.8. The van der Waals surface area contributed by atoms with E-state index in [-0.39, 0.29) is 22.7 Å². The number of nitro groups is 1. The van der Waals surface area contributed by atoms with E-state index in [2.05, 4.69) is 10.3 Å². The average Bonchev–Trinajstić information content (AvgIpc) is 2.80. The van der Waals surface area contributed by atoms with Crippen LogP contribution in [0.1, 0.15) is 5.56 Å². The number of hydrogen-bond acceptors (Lipinski definition) is 6. The number of aromatic nitrogens is 2. The first-order valence-corrected chi connectivity index (χ1v) is 11.2. The average molecular weight is 481 g/mol. The summed E-state index contributed by atoms with van der Waals surface area (Å²) in [5, 5.41) is 15.0. The van der Waals surface area contributed by atoms with Crippen molar-refractivity contribution in [2.75, 3.05) is 11.1 Å². The minimum Gasteiger partial charge on any atom is -0.320 e. The predicted molar refractivity (Wildman–Crippen MR) is 130 cm³/mol. The molecule has 0 radical (unpaired) electrons. The summed E-state index contributed by atoms with van der Waals surface area (Å²) in [7, 11) is 0. The molecule has 0 saturated carbocycles. The number of nitrogens with zero attached hydrogens (tertiary/aromatic N) is 3. The van der Waals surface area contributed by atoms with E-state index in [1.807, 2.05) is 6.92 Å². The van der Waals surface area contributed by atoms with Gasteiger partial charge in [0.05, 0.1) is 27.3 Å². The number of nitrogens with one attached hydrogen (secondary N) is 1. The quantitative estimate of drug-likeness (QED) is 0.180. The van der Waals surface area contributed by atoms with E-state index >= 15 is 0 Å². The van der Waals surface area contributed by atoms with Crippen molar-refractivity contribution in [1.82, 2.24) is 9.55 Å². The molecule has 33 heavy (non-hydrogen) atoms. The predicted octanol–water partition coefficient (Wildman–Crippen LogP) is 4.99. The third kappa shape index (κ3) is 4.74. The van der Waals surface area contributed by atoms with E-state index in [0.717, 1.165) is 17.3 Å². The smallest absolute Gasteiger partial charge is 0.292 e. The number of hydrogen-bond donors (Lipinski definition) is 1. The Balaban J connectivity index is 1.69. The lowest BCUT2D eigenvalue weighted by atomic mass is 10.2. The van der Waals surface area contributed by atoms with Gasteiger partial charge in [0, 0.05) is 11.1 Å². The van der Waals surface area contributed by atoms with Gasteiger partial charge in [-0.3, -0.25) is 24.3 Å². The van der Waals surface area contributed by atoms with E-state index < -0.39 is 10.8 Å². The number of thioether (sulfide) groups is 1. The van der Waals surface area contributed by atoms with Crippen LogP contribution in [0.25, 0.3) is 16.6 Å². The number of amides is 1. The maximum Gasteiger partial charge on any atom is 0.292 e. The van der Waals surface area contributed by atoms with Crippen LogP contribution in [0.5, 0.6) is 0 Å². The van der Waals surface area contributed by atoms with Crippen LogP contribution in [0, 0.1) is 17.0 Å². The highest BCUT2D eigenvalue weighted by atomic mass is 35.5. The summed E-state index contributed by atoms with van der Waals surface area (Å²) in [4.78, 5) is 41.1. The maximum atomic E-state index is 13.3. The molecule has 0 spiro atoms. The Morgan fingerprint density at radius 3 is 2.64 bits per heavy atom. The van der Waals surface area contributed by atoms with E-state index in [4.69, 9.17) is 11.6 Å². The fraction of sp³-hybridized carbons (Fsp3) is 0.0870. The van der Waals surface area contributed by atoms with Crippen LogP contribution in [-0.2, 0) is 4.79 Å². The standard InChI is InChI=1S/C23H17ClN4O4S/c1-14-10-11-15(12-17(14)24)27-22(30)16-6-2-3-7-18(16)26-23(27)33-13-21(29)25-19-8-4-5-9-20(19)28(31)32/h2-12H,13H2,1H3,(H,25,29). The van der Waals surface area contributed by atoms with Gasteiger partial charge >= 0.3 is 0 Å². The highest BCUT2D eigenvalue weighted by molar-refractivity contribution is 7.99. The molecule has 1 N–H and O–H groups in total. The van der Waals surface area contributed by atoms with E-state index in [0.29, 0.717) is 26.8 Å². The van der Waals surface area contributed by atoms with Crippen molar-refractivity contribution in [3.8, 4) is 5.69 Å². The highest BCUT2D eigenvalue weighted by Gasteiger charge is 2.18. The van der Waals surface area contributed by atoms with Gasteiger partial charge in [0.1, 0.15) is 5.69 Å². The third-order valence-electron chi connectivity index (χ3n) is 4.87. The Hall–Kier alpha value is -3.69. The molecular formula is C23H17ClN4O4S. The summed E-state index contributed by atoms with van der Waals surface area (Å²) in [6.45, 7) is 1.86. The van der Waals surface area contributed by atoms with Gasteiger partial charge in [-0.1, -0.05) is 53.7 Å². The molecule has 10 heteroatoms. The van der Waals surface area contributed by atoms with Crippen LogP contribution >= 0.6 is 23.4 Å². The highest BCUT2D eigenvalue weighted by Crippen LogP contribution is 2.26. The van der Waals surface area contributed by atoms with Gasteiger partial charge in [0.25, 0.3) is 11.2 Å². The first-order chi connectivity index (χ1) is 15.8. The molecule has 8 nitrogen and oxygen atoms in total. The molecular weight excluding hydrogens is 464 g/mol. The Kier molecular flexibility index (Phi) is 6.43. The number of fused-ring (bicyclic) bond motifs is 1. The number of aryl methyl sites for hydroxylation is 1. The van der Waals surface area contributed by atoms with Crippen LogP contribution in [0.4, 0.5) is 11.4 Å². The van der Waals surface area contributed by atoms with Gasteiger partial charge < -0.3 is 5.32 Å². The molecule has 0 atom stereocenters. The van der Waals surface area contributed by atoms with Crippen molar-refractivity contribution >= 4 is 51.5 Å². The zero-order valence-electron chi connectivity index (χ0n) is 17.3. The van der Waals surface area contributed by atoms with E-state index in [1.54, 1.807) is 48.5 Å². The second-order valence-electron chi connectivity index (χ2n) is 7.10. The number of para-hydroxylation sites is 3. The molecule has 4 rings (SSSR count). The first kappa shape index (κ1) is 22.5. The summed E-state index contributed by atoms with van der Waals surface area (Å²) in [5.74, 6) is -0.582. The lowest BCUT2D eigenvalue weighted by Gasteiger charge is -2.14. The number of benzene rings is 3.